The fourth-order valence-corrected chi connectivity index (χ4v) is 1.11. The van der Waals surface area contributed by atoms with Crippen LogP contribution in [0.25, 0.3) is 0 Å². The van der Waals surface area contributed by atoms with Gasteiger partial charge < -0.3 is 15.2 Å². The van der Waals surface area contributed by atoms with Crippen molar-refractivity contribution in [2.75, 3.05) is 6.54 Å². The lowest BCUT2D eigenvalue weighted by molar-refractivity contribution is -0.143. The van der Waals surface area contributed by atoms with Crippen molar-refractivity contribution in [1.82, 2.24) is 5.32 Å². The van der Waals surface area contributed by atoms with Crippen molar-refractivity contribution >= 4 is 12.1 Å². The molecule has 0 atom stereocenters. The van der Waals surface area contributed by atoms with Crippen LogP contribution in [0.2, 0.25) is 0 Å². The van der Waals surface area contributed by atoms with Crippen LogP contribution in [0.5, 0.6) is 0 Å². The molecular formula is C9H15NO4. The Labute approximate surface area is 82.4 Å². The van der Waals surface area contributed by atoms with E-state index in [0.717, 1.165) is 0 Å². The second kappa shape index (κ2) is 3.86. The minimum atomic E-state index is -0.845. The van der Waals surface area contributed by atoms with Crippen LogP contribution in [0.15, 0.2) is 0 Å². The van der Waals surface area contributed by atoms with Crippen molar-refractivity contribution in [2.45, 2.75) is 32.8 Å². The van der Waals surface area contributed by atoms with E-state index in [1.165, 1.54) is 0 Å². The van der Waals surface area contributed by atoms with Crippen molar-refractivity contribution in [3.05, 3.63) is 0 Å². The molecule has 5 heteroatoms. The summed E-state index contributed by atoms with van der Waals surface area (Å²) in [5.74, 6) is -0.845. The molecule has 14 heavy (non-hydrogen) atoms. The SMILES string of the molecule is CC(C)OC(=O)NCC1(C(=O)O)CC1. The summed E-state index contributed by atoms with van der Waals surface area (Å²) in [6.07, 6.45) is 0.525. The topological polar surface area (TPSA) is 75.6 Å². The van der Waals surface area contributed by atoms with E-state index in [1.54, 1.807) is 13.8 Å². The molecule has 1 amide bonds. The smallest absolute Gasteiger partial charge is 0.407 e. The number of nitrogens with one attached hydrogen (secondary N) is 1. The van der Waals surface area contributed by atoms with Crippen LogP contribution in [0.1, 0.15) is 26.7 Å². The quantitative estimate of drug-likeness (QED) is 0.711. The first-order valence-electron chi connectivity index (χ1n) is 4.64. The Kier molecular flexibility index (Phi) is 2.98. The Morgan fingerprint density at radius 2 is 2.07 bits per heavy atom. The average Bonchev–Trinajstić information content (AvgIpc) is 2.79. The summed E-state index contributed by atoms with van der Waals surface area (Å²) in [4.78, 5) is 21.8. The predicted molar refractivity (Wildman–Crippen MR) is 48.9 cm³/mol. The minimum Gasteiger partial charge on any atom is -0.481 e. The van der Waals surface area contributed by atoms with Gasteiger partial charge in [0.25, 0.3) is 0 Å². The van der Waals surface area contributed by atoms with Crippen LogP contribution < -0.4 is 5.32 Å². The normalized spacial score (nSPS) is 17.6. The summed E-state index contributed by atoms with van der Waals surface area (Å²) in [6, 6.07) is 0. The summed E-state index contributed by atoms with van der Waals surface area (Å²) in [5.41, 5.74) is -0.726. The summed E-state index contributed by atoms with van der Waals surface area (Å²) >= 11 is 0. The second-order valence-corrected chi connectivity index (χ2v) is 3.89. The van der Waals surface area contributed by atoms with Crippen molar-refractivity contribution in [1.29, 1.82) is 0 Å². The standard InChI is InChI=1S/C9H15NO4/c1-6(2)14-8(13)10-5-9(3-4-9)7(11)12/h6H,3-5H2,1-2H3,(H,10,13)(H,11,12). The van der Waals surface area contributed by atoms with E-state index in [-0.39, 0.29) is 12.6 Å². The number of ether oxygens (including phenoxy) is 1. The van der Waals surface area contributed by atoms with Gasteiger partial charge in [-0.3, -0.25) is 4.79 Å². The second-order valence-electron chi connectivity index (χ2n) is 3.89. The van der Waals surface area contributed by atoms with Crippen LogP contribution in [-0.2, 0) is 9.53 Å². The molecule has 80 valence electrons. The number of alkyl carbamates (subject to hydrolysis) is 1. The fourth-order valence-electron chi connectivity index (χ4n) is 1.11. The summed E-state index contributed by atoms with van der Waals surface area (Å²) in [7, 11) is 0. The number of rotatable bonds is 4. The molecule has 0 bridgehead atoms. The third kappa shape index (κ3) is 2.61. The fraction of sp³-hybridized carbons (Fsp3) is 0.778. The molecule has 0 radical (unpaired) electrons. The molecule has 0 aromatic heterocycles. The van der Waals surface area contributed by atoms with Gasteiger partial charge in [0.15, 0.2) is 0 Å². The maximum absolute atomic E-state index is 11.0. The molecule has 0 saturated heterocycles. The summed E-state index contributed by atoms with van der Waals surface area (Å²) in [6.45, 7) is 3.64. The number of carbonyl (C=O) groups is 2. The molecule has 5 nitrogen and oxygen atoms in total. The molecule has 0 unspecified atom stereocenters. The van der Waals surface area contributed by atoms with Crippen molar-refractivity contribution in [3.63, 3.8) is 0 Å². The van der Waals surface area contributed by atoms with Crippen LogP contribution in [0, 0.1) is 5.41 Å². The Morgan fingerprint density at radius 3 is 2.43 bits per heavy atom. The highest BCUT2D eigenvalue weighted by Gasteiger charge is 2.50. The molecule has 0 spiro atoms. The first-order chi connectivity index (χ1) is 6.46. The van der Waals surface area contributed by atoms with Gasteiger partial charge in [-0.05, 0) is 26.7 Å². The summed E-state index contributed by atoms with van der Waals surface area (Å²) in [5, 5.41) is 11.3. The monoisotopic (exact) mass is 201 g/mol. The number of amides is 1. The molecule has 1 rings (SSSR count). The van der Waals surface area contributed by atoms with E-state index in [9.17, 15) is 9.59 Å². The molecule has 1 aliphatic carbocycles. The molecule has 0 heterocycles. The lowest BCUT2D eigenvalue weighted by atomic mass is 10.1. The maximum Gasteiger partial charge on any atom is 0.407 e. The van der Waals surface area contributed by atoms with E-state index in [0.29, 0.717) is 12.8 Å². The van der Waals surface area contributed by atoms with E-state index in [4.69, 9.17) is 9.84 Å². The predicted octanol–water partition coefficient (Wildman–Crippen LogP) is 0.986. The third-order valence-electron chi connectivity index (χ3n) is 2.22. The number of aliphatic carboxylic acids is 1. The van der Waals surface area contributed by atoms with E-state index < -0.39 is 17.5 Å². The minimum absolute atomic E-state index is 0.161. The Balaban J connectivity index is 2.27. The Hall–Kier alpha value is -1.26. The van der Waals surface area contributed by atoms with Gasteiger partial charge >= 0.3 is 12.1 Å². The van der Waals surface area contributed by atoms with Crippen LogP contribution in [0.4, 0.5) is 4.79 Å². The number of hydrogen-bond donors (Lipinski definition) is 2. The zero-order valence-corrected chi connectivity index (χ0v) is 8.37. The van der Waals surface area contributed by atoms with Crippen molar-refractivity contribution in [2.24, 2.45) is 5.41 Å². The Bertz CT molecular complexity index is 245. The van der Waals surface area contributed by atoms with Gasteiger partial charge in [-0.15, -0.1) is 0 Å². The van der Waals surface area contributed by atoms with Gasteiger partial charge in [-0.25, -0.2) is 4.79 Å². The average molecular weight is 201 g/mol. The lowest BCUT2D eigenvalue weighted by Crippen LogP contribution is -2.35. The van der Waals surface area contributed by atoms with E-state index >= 15 is 0 Å². The van der Waals surface area contributed by atoms with Crippen LogP contribution in [0.3, 0.4) is 0 Å². The van der Waals surface area contributed by atoms with Gasteiger partial charge in [0.2, 0.25) is 0 Å². The zero-order chi connectivity index (χ0) is 10.8. The van der Waals surface area contributed by atoms with Crippen molar-refractivity contribution < 1.29 is 19.4 Å². The molecule has 0 aliphatic heterocycles. The van der Waals surface area contributed by atoms with Gasteiger partial charge in [0.05, 0.1) is 11.5 Å². The number of carboxylic acid groups (broad SMARTS) is 1. The molecule has 0 aromatic rings. The highest BCUT2D eigenvalue weighted by atomic mass is 16.6. The molecule has 1 fully saturated rings. The highest BCUT2D eigenvalue weighted by molar-refractivity contribution is 5.79. The highest BCUT2D eigenvalue weighted by Crippen LogP contribution is 2.45. The largest absolute Gasteiger partial charge is 0.481 e. The van der Waals surface area contributed by atoms with Gasteiger partial charge in [-0.1, -0.05) is 0 Å². The van der Waals surface area contributed by atoms with E-state index in [2.05, 4.69) is 5.32 Å². The molecule has 1 saturated carbocycles. The van der Waals surface area contributed by atoms with Gasteiger partial charge in [0.1, 0.15) is 0 Å². The summed E-state index contributed by atoms with van der Waals surface area (Å²) < 4.78 is 4.81. The Morgan fingerprint density at radius 1 is 1.50 bits per heavy atom. The van der Waals surface area contributed by atoms with Crippen LogP contribution >= 0.6 is 0 Å². The van der Waals surface area contributed by atoms with Crippen LogP contribution in [-0.4, -0.2) is 29.8 Å². The molecule has 0 aromatic carbocycles. The molecule has 1 aliphatic rings. The first-order valence-corrected chi connectivity index (χ1v) is 4.64. The van der Waals surface area contributed by atoms with Crippen molar-refractivity contribution in [3.8, 4) is 0 Å². The molecular weight excluding hydrogens is 186 g/mol. The lowest BCUT2D eigenvalue weighted by Gasteiger charge is -2.12. The van der Waals surface area contributed by atoms with Gasteiger partial charge in [0, 0.05) is 6.54 Å². The first kappa shape index (κ1) is 10.8. The number of hydrogen-bond acceptors (Lipinski definition) is 3. The van der Waals surface area contributed by atoms with Gasteiger partial charge in [-0.2, -0.15) is 0 Å². The maximum atomic E-state index is 11.0. The van der Waals surface area contributed by atoms with E-state index in [1.807, 2.05) is 0 Å². The zero-order valence-electron chi connectivity index (χ0n) is 8.37. The number of carboxylic acids is 1. The molecule has 2 N–H and O–H groups in total. The third-order valence-corrected chi connectivity index (χ3v) is 2.22. The number of carbonyl (C=O) groups excluding carboxylic acids is 1.